The maximum Gasteiger partial charge on any atom is 0.435 e. The largest absolute Gasteiger partial charge is 0.435 e. The molecule has 4 nitrogen and oxygen atoms in total. The normalized spacial score (nSPS) is 12.7. The molecule has 0 aliphatic rings. The van der Waals surface area contributed by atoms with E-state index in [0.29, 0.717) is 6.07 Å². The zero-order valence-electron chi connectivity index (χ0n) is 15.7. The van der Waals surface area contributed by atoms with E-state index < -0.39 is 63.5 Å². The third kappa shape index (κ3) is 5.41. The van der Waals surface area contributed by atoms with Crippen molar-refractivity contribution in [2.24, 2.45) is 0 Å². The Morgan fingerprint density at radius 1 is 0.818 bits per heavy atom. The Bertz CT molecular complexity index is 1180. The second kappa shape index (κ2) is 8.28. The quantitative estimate of drug-likeness (QED) is 0.400. The number of carbonyl (C=O) groups is 1. The number of benzene rings is 2. The summed E-state index contributed by atoms with van der Waals surface area (Å²) in [6, 6.07) is 6.40. The molecule has 0 aliphatic carbocycles. The molecular weight excluding hydrogens is 493 g/mol. The number of carbonyl (C=O) groups excluding carboxylic acids is 1. The monoisotopic (exact) mass is 501 g/mol. The van der Waals surface area contributed by atoms with Gasteiger partial charge in [0.15, 0.2) is 5.69 Å². The molecule has 0 unspecified atom stereocenters. The van der Waals surface area contributed by atoms with E-state index in [4.69, 9.17) is 11.6 Å². The summed E-state index contributed by atoms with van der Waals surface area (Å²) in [5, 5.41) is 5.13. The Hall–Kier alpha value is -3.22. The van der Waals surface area contributed by atoms with Crippen LogP contribution in [0.3, 0.4) is 0 Å². The van der Waals surface area contributed by atoms with E-state index in [1.807, 2.05) is 0 Å². The molecule has 0 saturated carbocycles. The van der Waals surface area contributed by atoms with Gasteiger partial charge in [0, 0.05) is 22.3 Å². The van der Waals surface area contributed by atoms with Gasteiger partial charge >= 0.3 is 18.5 Å². The number of hydrogen-bond acceptors (Lipinski definition) is 2. The Morgan fingerprint density at radius 2 is 1.42 bits per heavy atom. The van der Waals surface area contributed by atoms with Gasteiger partial charge in [0.1, 0.15) is 5.69 Å². The summed E-state index contributed by atoms with van der Waals surface area (Å²) in [7, 11) is 0. The fourth-order valence-corrected chi connectivity index (χ4v) is 2.86. The highest BCUT2D eigenvalue weighted by Gasteiger charge is 2.44. The van der Waals surface area contributed by atoms with Gasteiger partial charge in [-0.2, -0.15) is 44.6 Å². The molecular formula is C19H9ClF9N3O. The van der Waals surface area contributed by atoms with Crippen molar-refractivity contribution in [3.8, 4) is 5.69 Å². The zero-order chi connectivity index (χ0) is 24.8. The first kappa shape index (κ1) is 24.4. The average molecular weight is 502 g/mol. The van der Waals surface area contributed by atoms with Gasteiger partial charge in [0.2, 0.25) is 0 Å². The van der Waals surface area contributed by atoms with Gasteiger partial charge in [0.25, 0.3) is 5.91 Å². The van der Waals surface area contributed by atoms with Crippen molar-refractivity contribution in [2.45, 2.75) is 18.5 Å². The van der Waals surface area contributed by atoms with Crippen molar-refractivity contribution < 1.29 is 44.3 Å². The molecule has 0 saturated heterocycles. The lowest BCUT2D eigenvalue weighted by molar-refractivity contribution is -0.145. The molecule has 1 heterocycles. The molecule has 0 aliphatic heterocycles. The number of nitrogens with zero attached hydrogens (tertiary/aromatic N) is 2. The smallest absolute Gasteiger partial charge is 0.322 e. The maximum atomic E-state index is 13.6. The minimum atomic E-state index is -5.44. The molecule has 2 aromatic carbocycles. The van der Waals surface area contributed by atoms with Crippen LogP contribution >= 0.6 is 11.6 Å². The number of halogens is 10. The summed E-state index contributed by atoms with van der Waals surface area (Å²) in [6.45, 7) is 0. The number of aromatic nitrogens is 2. The van der Waals surface area contributed by atoms with Gasteiger partial charge in [-0.15, -0.1) is 0 Å². The van der Waals surface area contributed by atoms with E-state index in [1.54, 1.807) is 0 Å². The number of rotatable bonds is 3. The van der Waals surface area contributed by atoms with Crippen LogP contribution in [-0.4, -0.2) is 15.7 Å². The molecule has 33 heavy (non-hydrogen) atoms. The number of amides is 1. The first-order valence-electron chi connectivity index (χ1n) is 8.60. The minimum absolute atomic E-state index is 0.0123. The lowest BCUT2D eigenvalue weighted by Gasteiger charge is -2.17. The second-order valence-corrected chi connectivity index (χ2v) is 6.95. The van der Waals surface area contributed by atoms with Gasteiger partial charge in [0.05, 0.1) is 11.3 Å². The van der Waals surface area contributed by atoms with Crippen molar-refractivity contribution in [3.05, 3.63) is 76.1 Å². The van der Waals surface area contributed by atoms with Crippen molar-refractivity contribution >= 4 is 23.2 Å². The van der Waals surface area contributed by atoms with Crippen LogP contribution in [0.15, 0.2) is 48.5 Å². The predicted octanol–water partition coefficient (Wildman–Crippen LogP) is 6.83. The van der Waals surface area contributed by atoms with Crippen LogP contribution in [0.2, 0.25) is 5.02 Å². The summed E-state index contributed by atoms with van der Waals surface area (Å²) < 4.78 is 119. The molecule has 14 heteroatoms. The highest BCUT2D eigenvalue weighted by molar-refractivity contribution is 6.30. The predicted molar refractivity (Wildman–Crippen MR) is 98.0 cm³/mol. The molecule has 1 amide bonds. The topological polar surface area (TPSA) is 46.9 Å². The second-order valence-electron chi connectivity index (χ2n) is 6.51. The average Bonchev–Trinajstić information content (AvgIpc) is 3.14. The molecule has 0 atom stereocenters. The fraction of sp³-hybridized carbons (Fsp3) is 0.158. The van der Waals surface area contributed by atoms with E-state index in [2.05, 4.69) is 10.4 Å². The summed E-state index contributed by atoms with van der Waals surface area (Å²) in [5.74, 6) is -0.859. The van der Waals surface area contributed by atoms with E-state index in [-0.39, 0.29) is 16.7 Å². The maximum absolute atomic E-state index is 13.6. The van der Waals surface area contributed by atoms with Crippen molar-refractivity contribution in [1.29, 1.82) is 0 Å². The lowest BCUT2D eigenvalue weighted by atomic mass is 10.1. The molecule has 1 N–H and O–H groups in total. The third-order valence-electron chi connectivity index (χ3n) is 4.18. The minimum Gasteiger partial charge on any atom is -0.322 e. The molecule has 0 fully saturated rings. The van der Waals surface area contributed by atoms with Gasteiger partial charge in [-0.05, 0) is 42.5 Å². The highest BCUT2D eigenvalue weighted by Crippen LogP contribution is 2.40. The molecule has 0 bridgehead atoms. The van der Waals surface area contributed by atoms with E-state index in [0.717, 1.165) is 6.07 Å². The van der Waals surface area contributed by atoms with Crippen LogP contribution in [0.5, 0.6) is 0 Å². The van der Waals surface area contributed by atoms with Gasteiger partial charge in [-0.25, -0.2) is 4.68 Å². The van der Waals surface area contributed by atoms with Crippen LogP contribution in [-0.2, 0) is 18.5 Å². The number of hydrogen-bond donors (Lipinski definition) is 1. The third-order valence-corrected chi connectivity index (χ3v) is 4.44. The first-order chi connectivity index (χ1) is 15.1. The molecule has 0 radical (unpaired) electrons. The van der Waals surface area contributed by atoms with Crippen LogP contribution in [0.25, 0.3) is 5.69 Å². The Balaban J connectivity index is 2.10. The molecule has 1 aromatic heterocycles. The first-order valence-corrected chi connectivity index (χ1v) is 8.98. The van der Waals surface area contributed by atoms with Crippen molar-refractivity contribution in [3.63, 3.8) is 0 Å². The summed E-state index contributed by atoms with van der Waals surface area (Å²) in [5.41, 5.74) is -7.60. The van der Waals surface area contributed by atoms with Crippen LogP contribution in [0, 0.1) is 0 Å². The van der Waals surface area contributed by atoms with E-state index in [9.17, 15) is 44.3 Å². The van der Waals surface area contributed by atoms with Gasteiger partial charge < -0.3 is 5.32 Å². The van der Waals surface area contributed by atoms with Gasteiger partial charge in [-0.3, -0.25) is 4.79 Å². The number of alkyl halides is 9. The highest BCUT2D eigenvalue weighted by atomic mass is 35.5. The fourth-order valence-electron chi connectivity index (χ4n) is 2.74. The summed E-state index contributed by atoms with van der Waals surface area (Å²) >= 11 is 5.68. The van der Waals surface area contributed by atoms with Crippen molar-refractivity contribution in [2.75, 3.05) is 5.32 Å². The van der Waals surface area contributed by atoms with Crippen LogP contribution in [0.1, 0.15) is 27.3 Å². The van der Waals surface area contributed by atoms with Crippen LogP contribution < -0.4 is 5.32 Å². The van der Waals surface area contributed by atoms with Gasteiger partial charge in [-0.1, -0.05) is 11.6 Å². The zero-order valence-corrected chi connectivity index (χ0v) is 16.5. The SMILES string of the molecule is O=C(Nc1ccc(-n2nc(C(F)(F)F)cc2C(F)(F)F)c(C(F)(F)F)c1)c1ccc(Cl)cc1. The molecule has 3 aromatic rings. The van der Waals surface area contributed by atoms with E-state index >= 15 is 0 Å². The Kier molecular flexibility index (Phi) is 6.13. The standard InChI is InChI=1S/C19H9ClF9N3O/c20-10-3-1-9(2-4-10)16(33)30-11-5-6-13(12(7-11)17(21,22)23)32-15(19(27,28)29)8-14(31-32)18(24,25)26/h1-8H,(H,30,33). The number of anilines is 1. The molecule has 0 spiro atoms. The summed E-state index contributed by atoms with van der Waals surface area (Å²) in [4.78, 5) is 12.2. The molecule has 3 rings (SSSR count). The Labute approximate surface area is 183 Å². The Morgan fingerprint density at radius 3 is 1.94 bits per heavy atom. The van der Waals surface area contributed by atoms with Crippen LogP contribution in [0.4, 0.5) is 45.2 Å². The van der Waals surface area contributed by atoms with E-state index in [1.165, 1.54) is 24.3 Å². The van der Waals surface area contributed by atoms with Crippen molar-refractivity contribution in [1.82, 2.24) is 9.78 Å². The lowest BCUT2D eigenvalue weighted by Crippen LogP contribution is -2.19. The number of nitrogens with one attached hydrogen (secondary N) is 1. The summed E-state index contributed by atoms with van der Waals surface area (Å²) in [6.07, 6.45) is -16.1. The molecule has 176 valence electrons.